The molecule has 0 radical (unpaired) electrons. The molecule has 1 unspecified atom stereocenters. The summed E-state index contributed by atoms with van der Waals surface area (Å²) >= 11 is 0. The summed E-state index contributed by atoms with van der Waals surface area (Å²) in [5.41, 5.74) is 1.05. The monoisotopic (exact) mass is 778 g/mol. The third kappa shape index (κ3) is 4.80. The summed E-state index contributed by atoms with van der Waals surface area (Å²) in [5.74, 6) is -1.31. The van der Waals surface area contributed by atoms with Crippen molar-refractivity contribution in [1.82, 2.24) is 14.8 Å². The number of fused-ring (bicyclic) bond motifs is 6. The number of aromatic nitrogens is 1. The molecule has 12 nitrogen and oxygen atoms in total. The van der Waals surface area contributed by atoms with Crippen LogP contribution in [0.3, 0.4) is 0 Å². The lowest BCUT2D eigenvalue weighted by molar-refractivity contribution is -0.228. The van der Waals surface area contributed by atoms with Crippen molar-refractivity contribution in [2.45, 2.75) is 87.6 Å². The van der Waals surface area contributed by atoms with Gasteiger partial charge in [0.25, 0.3) is 0 Å². The maximum Gasteiger partial charge on any atom is 0.344 e. The molecule has 5 aliphatic heterocycles. The van der Waals surface area contributed by atoms with E-state index in [2.05, 4.69) is 58.1 Å². The summed E-state index contributed by atoms with van der Waals surface area (Å²) in [5, 5.41) is 14.4. The van der Waals surface area contributed by atoms with Crippen molar-refractivity contribution in [3.8, 4) is 5.75 Å². The summed E-state index contributed by atoms with van der Waals surface area (Å²) in [6.07, 6.45) is 7.67. The minimum absolute atomic E-state index is 0.0284. The lowest BCUT2D eigenvalue weighted by atomic mass is 9.47. The fourth-order valence-corrected chi connectivity index (χ4v) is 12.8. The van der Waals surface area contributed by atoms with E-state index in [0.717, 1.165) is 52.9 Å². The maximum absolute atomic E-state index is 15.2. The van der Waals surface area contributed by atoms with E-state index in [0.29, 0.717) is 50.2 Å². The number of carbonyl (C=O) groups is 3. The van der Waals surface area contributed by atoms with Gasteiger partial charge in [0, 0.05) is 90.9 Å². The molecule has 3 aromatic rings. The Bertz CT molecular complexity index is 2250. The predicted octanol–water partition coefficient (Wildman–Crippen LogP) is 4.75. The number of aromatic amines is 1. The number of benzene rings is 2. The zero-order chi connectivity index (χ0) is 40.2. The van der Waals surface area contributed by atoms with Gasteiger partial charge in [0.05, 0.1) is 27.4 Å². The molecular formula is C45H54N4O8. The van der Waals surface area contributed by atoms with Crippen LogP contribution in [-0.2, 0) is 46.0 Å². The second kappa shape index (κ2) is 13.2. The lowest BCUT2D eigenvalue weighted by Crippen LogP contribution is -2.81. The highest BCUT2D eigenvalue weighted by Gasteiger charge is 2.80. The molecule has 12 heteroatoms. The van der Waals surface area contributed by atoms with Gasteiger partial charge in [0.2, 0.25) is 5.60 Å². The highest BCUT2D eigenvalue weighted by Crippen LogP contribution is 2.68. The first kappa shape index (κ1) is 37.9. The Morgan fingerprint density at radius 3 is 2.47 bits per heavy atom. The van der Waals surface area contributed by atoms with Crippen LogP contribution in [-0.4, -0.2) is 116 Å². The van der Waals surface area contributed by atoms with E-state index in [1.165, 1.54) is 26.7 Å². The van der Waals surface area contributed by atoms with Crippen molar-refractivity contribution in [2.75, 3.05) is 59.5 Å². The fourth-order valence-electron chi connectivity index (χ4n) is 12.8. The Hall–Kier alpha value is -4.65. The molecule has 0 amide bonds. The van der Waals surface area contributed by atoms with Crippen LogP contribution < -0.4 is 9.64 Å². The van der Waals surface area contributed by atoms with E-state index in [1.54, 1.807) is 7.11 Å². The minimum atomic E-state index is -2.27. The van der Waals surface area contributed by atoms with Crippen molar-refractivity contribution in [2.24, 2.45) is 11.3 Å². The lowest BCUT2D eigenvalue weighted by Gasteiger charge is -2.63. The zero-order valence-corrected chi connectivity index (χ0v) is 34.0. The van der Waals surface area contributed by atoms with Crippen LogP contribution in [0.2, 0.25) is 0 Å². The Morgan fingerprint density at radius 2 is 1.77 bits per heavy atom. The van der Waals surface area contributed by atoms with Gasteiger partial charge < -0.3 is 33.9 Å². The number of hydrogen-bond acceptors (Lipinski definition) is 11. The second-order valence-electron chi connectivity index (χ2n) is 17.2. The Balaban J connectivity index is 1.37. The number of aliphatic hydroxyl groups is 1. The van der Waals surface area contributed by atoms with Gasteiger partial charge in [0.1, 0.15) is 11.2 Å². The highest BCUT2D eigenvalue weighted by molar-refractivity contribution is 5.95. The van der Waals surface area contributed by atoms with Crippen molar-refractivity contribution >= 4 is 34.5 Å². The van der Waals surface area contributed by atoms with Crippen LogP contribution in [0, 0.1) is 11.3 Å². The number of carbonyl (C=O) groups excluding carboxylic acids is 3. The van der Waals surface area contributed by atoms with Gasteiger partial charge in [-0.05, 0) is 61.4 Å². The normalized spacial score (nSPS) is 34.9. The van der Waals surface area contributed by atoms with Gasteiger partial charge in [-0.1, -0.05) is 55.8 Å². The number of para-hydroxylation sites is 1. The zero-order valence-electron chi connectivity index (χ0n) is 34.0. The fraction of sp³-hybridized carbons (Fsp3) is 0.533. The maximum atomic E-state index is 15.2. The molecule has 1 saturated heterocycles. The van der Waals surface area contributed by atoms with Gasteiger partial charge in [-0.2, -0.15) is 0 Å². The first-order valence-corrected chi connectivity index (χ1v) is 20.3. The summed E-state index contributed by atoms with van der Waals surface area (Å²) in [4.78, 5) is 53.1. The average molecular weight is 779 g/mol. The van der Waals surface area contributed by atoms with Crippen molar-refractivity contribution in [3.63, 3.8) is 0 Å². The average Bonchev–Trinajstić information content (AvgIpc) is 3.87. The molecule has 2 aromatic carbocycles. The van der Waals surface area contributed by atoms with Crippen LogP contribution in [0.5, 0.6) is 5.75 Å². The molecule has 1 aromatic heterocycles. The Labute approximate surface area is 333 Å². The van der Waals surface area contributed by atoms with Crippen molar-refractivity contribution in [3.05, 3.63) is 82.6 Å². The van der Waals surface area contributed by atoms with Gasteiger partial charge in [0.15, 0.2) is 6.10 Å². The number of anilines is 1. The van der Waals surface area contributed by atoms with Crippen LogP contribution >= 0.6 is 0 Å². The number of nitrogens with zero attached hydrogens (tertiary/aromatic N) is 3. The molecule has 1 aliphatic carbocycles. The quantitative estimate of drug-likeness (QED) is 0.196. The first-order chi connectivity index (χ1) is 27.4. The third-order valence-electron chi connectivity index (χ3n) is 14.8. The molecule has 1 saturated carbocycles. The molecule has 2 bridgehead atoms. The molecule has 6 aliphatic rings. The van der Waals surface area contributed by atoms with Crippen molar-refractivity contribution < 1.29 is 38.4 Å². The van der Waals surface area contributed by atoms with Gasteiger partial charge in [-0.25, -0.2) is 4.79 Å². The Kier molecular flexibility index (Phi) is 8.77. The van der Waals surface area contributed by atoms with E-state index in [1.807, 2.05) is 37.1 Å². The molecule has 57 heavy (non-hydrogen) atoms. The highest BCUT2D eigenvalue weighted by atomic mass is 16.6. The topological polar surface area (TPSA) is 134 Å². The molecular weight excluding hydrogens is 725 g/mol. The molecule has 302 valence electrons. The SMILES string of the molecule is CCC1=C[C@@H]2CN(C1)Cc1c([nH]c3ccccc13)[C@@](C(=O)OC)(c1cc3c(cc1OC)N(C)[C@H]1[C@@](O)(C(=O)OC)[C@H](OC(C)=O)[C@@]4(CC)C=CCN5CC[C@]31[C@@H]54)C2. The second-order valence-corrected chi connectivity index (χ2v) is 17.2. The molecule has 2 fully saturated rings. The Morgan fingerprint density at radius 1 is 1.00 bits per heavy atom. The minimum Gasteiger partial charge on any atom is -0.496 e. The van der Waals surface area contributed by atoms with E-state index >= 15 is 4.79 Å². The van der Waals surface area contributed by atoms with Gasteiger partial charge in [-0.3, -0.25) is 19.4 Å². The number of H-pyrrole nitrogens is 1. The largest absolute Gasteiger partial charge is 0.496 e. The number of likely N-dealkylation sites (N-methyl/N-ethyl adjacent to an activating group) is 1. The number of ether oxygens (including phenoxy) is 4. The standard InChI is InChI=1S/C45H54N4O8/c1-8-27-19-28-22-44(40(51)55-6,36-30(25-48(23-27)24-28)29-13-10-11-14-33(29)46-36)32-20-31-34(21-35(32)54-5)47(4)38-43(31)16-18-49-17-12-15-42(9-2,37(43)49)39(57-26(3)50)45(38,53)41(52)56-7/h10-15,19-21,28,37-39,46,53H,8-9,16-18,22-25H2,1-7H3/t28-,37-,38+,39+,42-,43+,44-,45-/m0/s1. The molecule has 1 spiro atoms. The number of methoxy groups -OCH3 is 3. The predicted molar refractivity (Wildman–Crippen MR) is 214 cm³/mol. The molecule has 6 heterocycles. The van der Waals surface area contributed by atoms with Crippen LogP contribution in [0.15, 0.2) is 60.2 Å². The van der Waals surface area contributed by atoms with E-state index < -0.39 is 45.9 Å². The molecule has 9 atom stereocenters. The van der Waals surface area contributed by atoms with E-state index in [-0.39, 0.29) is 17.9 Å². The van der Waals surface area contributed by atoms with Crippen molar-refractivity contribution in [1.29, 1.82) is 0 Å². The van der Waals surface area contributed by atoms with Gasteiger partial charge in [-0.15, -0.1) is 0 Å². The number of rotatable bonds is 7. The van der Waals surface area contributed by atoms with Crippen LogP contribution in [0.1, 0.15) is 68.8 Å². The van der Waals surface area contributed by atoms with E-state index in [4.69, 9.17) is 18.9 Å². The van der Waals surface area contributed by atoms with E-state index in [9.17, 15) is 14.7 Å². The van der Waals surface area contributed by atoms with Gasteiger partial charge >= 0.3 is 17.9 Å². The summed E-state index contributed by atoms with van der Waals surface area (Å²) in [7, 11) is 6.22. The molecule has 2 N–H and O–H groups in total. The number of esters is 3. The summed E-state index contributed by atoms with van der Waals surface area (Å²) in [6, 6.07) is 11.2. The van der Waals surface area contributed by atoms with Crippen LogP contribution in [0.25, 0.3) is 10.9 Å². The first-order valence-electron chi connectivity index (χ1n) is 20.3. The molecule has 9 rings (SSSR count). The van der Waals surface area contributed by atoms with Crippen LogP contribution in [0.4, 0.5) is 5.69 Å². The number of nitrogens with one attached hydrogen (secondary N) is 1. The smallest absolute Gasteiger partial charge is 0.344 e. The third-order valence-corrected chi connectivity index (χ3v) is 14.8. The number of hydrogen-bond donors (Lipinski definition) is 2. The summed E-state index contributed by atoms with van der Waals surface area (Å²) in [6.45, 7) is 9.19. The summed E-state index contributed by atoms with van der Waals surface area (Å²) < 4.78 is 23.9.